The minimum atomic E-state index is -0.131. The third kappa shape index (κ3) is 6.56. The van der Waals surface area contributed by atoms with Gasteiger partial charge in [0, 0.05) is 43.5 Å². The Morgan fingerprint density at radius 3 is 2.71 bits per heavy atom. The lowest BCUT2D eigenvalue weighted by Crippen LogP contribution is -2.42. The van der Waals surface area contributed by atoms with Crippen molar-refractivity contribution in [2.75, 3.05) is 38.1 Å². The number of benzene rings is 1. The molecule has 1 aromatic carbocycles. The highest BCUT2D eigenvalue weighted by molar-refractivity contribution is 6.30. The maximum Gasteiger partial charge on any atom is 0.321 e. The van der Waals surface area contributed by atoms with Crippen molar-refractivity contribution >= 4 is 29.4 Å². The highest BCUT2D eigenvalue weighted by Gasteiger charge is 2.23. The fourth-order valence-corrected chi connectivity index (χ4v) is 3.85. The predicted molar refractivity (Wildman–Crippen MR) is 110 cm³/mol. The molecule has 2 fully saturated rings. The van der Waals surface area contributed by atoms with E-state index in [0.717, 1.165) is 51.8 Å². The molecule has 0 bridgehead atoms. The van der Waals surface area contributed by atoms with Gasteiger partial charge in [0.15, 0.2) is 0 Å². The number of nitrogens with one attached hydrogen (secondary N) is 3. The second kappa shape index (κ2) is 10.5. The van der Waals surface area contributed by atoms with E-state index >= 15 is 0 Å². The molecule has 3 rings (SSSR count). The number of hydrogen-bond donors (Lipinski definition) is 3. The smallest absolute Gasteiger partial charge is 0.321 e. The number of carbonyl (C=O) groups excluding carboxylic acids is 2. The van der Waals surface area contributed by atoms with Crippen LogP contribution in [0.2, 0.25) is 5.02 Å². The van der Waals surface area contributed by atoms with Crippen LogP contribution in [0.15, 0.2) is 24.3 Å². The molecule has 0 saturated carbocycles. The molecule has 1 aromatic rings. The van der Waals surface area contributed by atoms with Gasteiger partial charge in [-0.15, -0.1) is 0 Å². The van der Waals surface area contributed by atoms with Gasteiger partial charge in [-0.2, -0.15) is 0 Å². The van der Waals surface area contributed by atoms with Crippen molar-refractivity contribution in [2.24, 2.45) is 5.92 Å². The summed E-state index contributed by atoms with van der Waals surface area (Å²) in [6.07, 6.45) is 5.07. The quantitative estimate of drug-likeness (QED) is 0.674. The molecular weight excluding hydrogens is 380 g/mol. The first-order valence-electron chi connectivity index (χ1n) is 10.0. The molecule has 7 nitrogen and oxygen atoms in total. The van der Waals surface area contributed by atoms with Crippen LogP contribution in [0.25, 0.3) is 0 Å². The largest absolute Gasteiger partial charge is 0.376 e. The van der Waals surface area contributed by atoms with Gasteiger partial charge in [0.05, 0.1) is 6.10 Å². The fourth-order valence-electron chi connectivity index (χ4n) is 3.66. The number of piperidine rings is 1. The van der Waals surface area contributed by atoms with Crippen LogP contribution in [0.1, 0.15) is 32.1 Å². The third-order valence-electron chi connectivity index (χ3n) is 5.33. The average Bonchev–Trinajstić information content (AvgIpc) is 3.20. The molecule has 1 unspecified atom stereocenters. The van der Waals surface area contributed by atoms with Crippen molar-refractivity contribution < 1.29 is 14.3 Å². The van der Waals surface area contributed by atoms with Crippen LogP contribution < -0.4 is 16.0 Å². The van der Waals surface area contributed by atoms with E-state index in [0.29, 0.717) is 29.7 Å². The van der Waals surface area contributed by atoms with E-state index in [4.69, 9.17) is 16.3 Å². The van der Waals surface area contributed by atoms with Crippen molar-refractivity contribution in [1.82, 2.24) is 15.5 Å². The first kappa shape index (κ1) is 20.7. The number of ether oxygens (including phenoxy) is 1. The first-order valence-corrected chi connectivity index (χ1v) is 10.4. The molecular formula is C20H29ClN4O3. The van der Waals surface area contributed by atoms with E-state index in [-0.39, 0.29) is 18.2 Å². The van der Waals surface area contributed by atoms with Gasteiger partial charge in [-0.3, -0.25) is 0 Å². The minimum absolute atomic E-state index is 0.0904. The summed E-state index contributed by atoms with van der Waals surface area (Å²) in [7, 11) is 0. The number of likely N-dealkylation sites (tertiary alicyclic amines) is 1. The number of rotatable bonds is 6. The Bertz CT molecular complexity index is 659. The molecule has 2 aliphatic heterocycles. The van der Waals surface area contributed by atoms with Crippen molar-refractivity contribution in [3.63, 3.8) is 0 Å². The van der Waals surface area contributed by atoms with Gasteiger partial charge >= 0.3 is 12.1 Å². The molecule has 0 aromatic heterocycles. The van der Waals surface area contributed by atoms with E-state index in [1.807, 2.05) is 17.0 Å². The van der Waals surface area contributed by atoms with Crippen molar-refractivity contribution in [1.29, 1.82) is 0 Å². The minimum Gasteiger partial charge on any atom is -0.376 e. The fraction of sp³-hybridized carbons (Fsp3) is 0.600. The highest BCUT2D eigenvalue weighted by Crippen LogP contribution is 2.21. The number of anilines is 1. The lowest BCUT2D eigenvalue weighted by molar-refractivity contribution is 0.111. The molecule has 28 heavy (non-hydrogen) atoms. The topological polar surface area (TPSA) is 82.7 Å². The van der Waals surface area contributed by atoms with E-state index in [1.54, 1.807) is 12.1 Å². The number of carbonyl (C=O) groups is 2. The van der Waals surface area contributed by atoms with E-state index in [2.05, 4.69) is 16.0 Å². The zero-order chi connectivity index (χ0) is 19.8. The van der Waals surface area contributed by atoms with Crippen LogP contribution in [0.5, 0.6) is 0 Å². The zero-order valence-corrected chi connectivity index (χ0v) is 16.8. The zero-order valence-electron chi connectivity index (χ0n) is 16.1. The Hall–Kier alpha value is -1.99. The van der Waals surface area contributed by atoms with Crippen molar-refractivity contribution in [3.05, 3.63) is 29.3 Å². The van der Waals surface area contributed by atoms with Gasteiger partial charge in [-0.1, -0.05) is 17.7 Å². The molecule has 0 radical (unpaired) electrons. The average molecular weight is 409 g/mol. The highest BCUT2D eigenvalue weighted by atomic mass is 35.5. The van der Waals surface area contributed by atoms with Gasteiger partial charge in [0.25, 0.3) is 0 Å². The first-order chi connectivity index (χ1) is 13.6. The van der Waals surface area contributed by atoms with Gasteiger partial charge in [-0.05, 0) is 56.2 Å². The number of hydrogen-bond acceptors (Lipinski definition) is 3. The molecule has 3 N–H and O–H groups in total. The Morgan fingerprint density at radius 2 is 2.00 bits per heavy atom. The van der Waals surface area contributed by atoms with Gasteiger partial charge in [-0.25, -0.2) is 9.59 Å². The standard InChI is InChI=1S/C20H29ClN4O3/c21-16-3-1-4-17(13-16)24-20(27)25-10-7-15(8-11-25)6-9-22-19(26)23-14-18-5-2-12-28-18/h1,3-4,13,15,18H,2,5-12,14H2,(H,24,27)(H2,22,23,26). The summed E-state index contributed by atoms with van der Waals surface area (Å²) < 4.78 is 5.49. The molecule has 154 valence electrons. The summed E-state index contributed by atoms with van der Waals surface area (Å²) in [6, 6.07) is 6.93. The molecule has 2 saturated heterocycles. The summed E-state index contributed by atoms with van der Waals surface area (Å²) in [6.45, 7) is 3.47. The molecule has 0 spiro atoms. The molecule has 1 atom stereocenters. The summed E-state index contributed by atoms with van der Waals surface area (Å²) in [5.74, 6) is 0.522. The number of urea groups is 2. The van der Waals surface area contributed by atoms with Crippen LogP contribution in [-0.4, -0.2) is 55.9 Å². The van der Waals surface area contributed by atoms with Crippen LogP contribution in [0.4, 0.5) is 15.3 Å². The van der Waals surface area contributed by atoms with Crippen molar-refractivity contribution in [3.8, 4) is 0 Å². The van der Waals surface area contributed by atoms with Crippen LogP contribution in [0, 0.1) is 5.92 Å². The second-order valence-electron chi connectivity index (χ2n) is 7.43. The van der Waals surface area contributed by atoms with Crippen molar-refractivity contribution in [2.45, 2.75) is 38.2 Å². The lowest BCUT2D eigenvalue weighted by atomic mass is 9.94. The number of nitrogens with zero attached hydrogens (tertiary/aromatic N) is 1. The SMILES string of the molecule is O=C(NCCC1CCN(C(=O)Nc2cccc(Cl)c2)CC1)NCC1CCCO1. The normalized spacial score (nSPS) is 20.0. The Kier molecular flexibility index (Phi) is 7.80. The van der Waals surface area contributed by atoms with Crippen LogP contribution >= 0.6 is 11.6 Å². The van der Waals surface area contributed by atoms with E-state index in [9.17, 15) is 9.59 Å². The number of amides is 4. The van der Waals surface area contributed by atoms with E-state index < -0.39 is 0 Å². The van der Waals surface area contributed by atoms with E-state index in [1.165, 1.54) is 0 Å². The van der Waals surface area contributed by atoms with Crippen LogP contribution in [0.3, 0.4) is 0 Å². The molecule has 8 heteroatoms. The third-order valence-corrected chi connectivity index (χ3v) is 5.57. The predicted octanol–water partition coefficient (Wildman–Crippen LogP) is 3.45. The Labute approximate surface area is 171 Å². The maximum atomic E-state index is 12.4. The van der Waals surface area contributed by atoms with Crippen LogP contribution in [-0.2, 0) is 4.74 Å². The molecule has 2 aliphatic rings. The summed E-state index contributed by atoms with van der Waals surface area (Å²) in [4.78, 5) is 26.0. The Morgan fingerprint density at radius 1 is 1.18 bits per heavy atom. The Balaban J connectivity index is 1.28. The van der Waals surface area contributed by atoms with Gasteiger partial charge in [0.1, 0.15) is 0 Å². The summed E-state index contributed by atoms with van der Waals surface area (Å²) in [5.41, 5.74) is 0.706. The van der Waals surface area contributed by atoms with Gasteiger partial charge < -0.3 is 25.6 Å². The maximum absolute atomic E-state index is 12.4. The monoisotopic (exact) mass is 408 g/mol. The van der Waals surface area contributed by atoms with Gasteiger partial charge in [0.2, 0.25) is 0 Å². The lowest BCUT2D eigenvalue weighted by Gasteiger charge is -2.32. The second-order valence-corrected chi connectivity index (χ2v) is 7.87. The molecule has 2 heterocycles. The molecule has 4 amide bonds. The number of halogens is 1. The summed E-state index contributed by atoms with van der Waals surface area (Å²) >= 11 is 5.95. The molecule has 0 aliphatic carbocycles. The summed E-state index contributed by atoms with van der Waals surface area (Å²) in [5, 5.41) is 9.27.